The molecule has 1 atom stereocenters. The summed E-state index contributed by atoms with van der Waals surface area (Å²) in [6.07, 6.45) is 0.526. The summed E-state index contributed by atoms with van der Waals surface area (Å²) in [5.41, 5.74) is 15.4. The molecule has 1 aromatic heterocycles. The average Bonchev–Trinajstić information content (AvgIpc) is 2.84. The molecule has 30 heavy (non-hydrogen) atoms. The Morgan fingerprint density at radius 2 is 1.93 bits per heavy atom. The smallest absolute Gasteiger partial charge is 0.226 e. The largest absolute Gasteiger partial charge is 0.335 e. The van der Waals surface area contributed by atoms with Gasteiger partial charge in [-0.1, -0.05) is 29.8 Å². The third-order valence-corrected chi connectivity index (χ3v) is 7.43. The van der Waals surface area contributed by atoms with Gasteiger partial charge in [0.05, 0.1) is 21.9 Å². The van der Waals surface area contributed by atoms with Crippen LogP contribution in [0, 0.1) is 6.92 Å². The summed E-state index contributed by atoms with van der Waals surface area (Å²) in [6, 6.07) is 13.6. The van der Waals surface area contributed by atoms with E-state index in [4.69, 9.17) is 21.4 Å². The van der Waals surface area contributed by atoms with Crippen molar-refractivity contribution in [2.75, 3.05) is 23.7 Å². The van der Waals surface area contributed by atoms with Crippen LogP contribution in [-0.4, -0.2) is 43.5 Å². The van der Waals surface area contributed by atoms with Crippen molar-refractivity contribution >= 4 is 27.4 Å². The highest BCUT2D eigenvalue weighted by molar-refractivity contribution is 8.24. The van der Waals surface area contributed by atoms with Gasteiger partial charge in [-0.3, -0.25) is 9.11 Å². The fourth-order valence-corrected chi connectivity index (χ4v) is 5.32. The Hall–Kier alpha value is -2.23. The summed E-state index contributed by atoms with van der Waals surface area (Å²) >= 11 is 0. The van der Waals surface area contributed by atoms with E-state index >= 15 is 0 Å². The first-order valence-corrected chi connectivity index (χ1v) is 11.8. The van der Waals surface area contributed by atoms with Crippen molar-refractivity contribution in [1.82, 2.24) is 9.97 Å². The van der Waals surface area contributed by atoms with E-state index in [1.165, 1.54) is 0 Å². The summed E-state index contributed by atoms with van der Waals surface area (Å²) in [5, 5.41) is 0.975. The summed E-state index contributed by atoms with van der Waals surface area (Å²) in [6.45, 7) is 5.27. The van der Waals surface area contributed by atoms with E-state index in [1.54, 1.807) is 6.07 Å². The van der Waals surface area contributed by atoms with Crippen LogP contribution in [0.3, 0.4) is 0 Å². The Kier molecular flexibility index (Phi) is 5.46. The Morgan fingerprint density at radius 1 is 1.17 bits per heavy atom. The van der Waals surface area contributed by atoms with Gasteiger partial charge < -0.3 is 16.4 Å². The fraction of sp³-hybridized carbons (Fsp3) is 0.364. The van der Waals surface area contributed by atoms with Crippen LogP contribution in [0.1, 0.15) is 23.7 Å². The summed E-state index contributed by atoms with van der Waals surface area (Å²) in [5.74, 6) is 0.813. The molecule has 4 rings (SSSR count). The lowest BCUT2D eigenvalue weighted by Gasteiger charge is -2.32. The molecular weight excluding hydrogens is 398 g/mol. The molecular formula is C22H29N5O2S. The van der Waals surface area contributed by atoms with E-state index in [-0.39, 0.29) is 5.75 Å². The van der Waals surface area contributed by atoms with Gasteiger partial charge in [0, 0.05) is 37.0 Å². The van der Waals surface area contributed by atoms with Crippen LogP contribution in [0.25, 0.3) is 10.9 Å². The second-order valence-corrected chi connectivity index (χ2v) is 10.6. The van der Waals surface area contributed by atoms with E-state index in [9.17, 15) is 9.11 Å². The maximum Gasteiger partial charge on any atom is 0.226 e. The number of hydrogen-bond donors (Lipinski definition) is 4. The highest BCUT2D eigenvalue weighted by Gasteiger charge is 2.28. The zero-order chi connectivity index (χ0) is 21.5. The lowest BCUT2D eigenvalue weighted by molar-refractivity contribution is 0.473. The number of nitrogens with zero attached hydrogens (tertiary/aromatic N) is 3. The average molecular weight is 428 g/mol. The van der Waals surface area contributed by atoms with Crippen LogP contribution >= 0.6 is 10.6 Å². The van der Waals surface area contributed by atoms with Gasteiger partial charge in [0.1, 0.15) is 0 Å². The van der Waals surface area contributed by atoms with Crippen LogP contribution in [-0.2, 0) is 13.0 Å². The first-order valence-electron chi connectivity index (χ1n) is 10.0. The number of fused-ring (bicyclic) bond motifs is 2. The molecule has 0 aliphatic carbocycles. The molecule has 1 unspecified atom stereocenters. The third-order valence-electron chi connectivity index (χ3n) is 5.57. The van der Waals surface area contributed by atoms with Crippen molar-refractivity contribution in [1.29, 1.82) is 0 Å². The van der Waals surface area contributed by atoms with E-state index in [0.717, 1.165) is 27.7 Å². The molecule has 0 radical (unpaired) electrons. The molecule has 7 nitrogen and oxygen atoms in total. The van der Waals surface area contributed by atoms with E-state index < -0.39 is 16.1 Å². The van der Waals surface area contributed by atoms with E-state index in [1.807, 2.05) is 49.1 Å². The van der Waals surface area contributed by atoms with E-state index in [2.05, 4.69) is 6.07 Å². The first kappa shape index (κ1) is 21.0. The molecule has 0 amide bonds. The molecule has 2 heterocycles. The molecule has 2 aromatic carbocycles. The monoisotopic (exact) mass is 427 g/mol. The van der Waals surface area contributed by atoms with Crippen LogP contribution < -0.4 is 16.4 Å². The molecule has 0 fully saturated rings. The Morgan fingerprint density at radius 3 is 2.70 bits per heavy atom. The van der Waals surface area contributed by atoms with Gasteiger partial charge >= 0.3 is 0 Å². The van der Waals surface area contributed by atoms with Gasteiger partial charge in [0.2, 0.25) is 5.95 Å². The summed E-state index contributed by atoms with van der Waals surface area (Å²) < 4.78 is 21.3. The molecule has 6 N–H and O–H groups in total. The minimum absolute atomic E-state index is 0.242. The van der Waals surface area contributed by atoms with Crippen molar-refractivity contribution in [2.24, 2.45) is 11.5 Å². The predicted molar refractivity (Wildman–Crippen MR) is 123 cm³/mol. The lowest BCUT2D eigenvalue weighted by atomic mass is 9.95. The van der Waals surface area contributed by atoms with Gasteiger partial charge in [0.15, 0.2) is 0 Å². The molecule has 8 heteroatoms. The van der Waals surface area contributed by atoms with Gasteiger partial charge in [-0.2, -0.15) is 10.6 Å². The van der Waals surface area contributed by atoms with Gasteiger partial charge in [-0.05, 0) is 37.6 Å². The number of benzene rings is 2. The summed E-state index contributed by atoms with van der Waals surface area (Å²) in [7, 11) is -2.84. The maximum atomic E-state index is 10.7. The Bertz CT molecular complexity index is 1090. The highest BCUT2D eigenvalue weighted by atomic mass is 32.3. The van der Waals surface area contributed by atoms with Crippen LogP contribution in [0.15, 0.2) is 47.4 Å². The molecule has 0 spiro atoms. The zero-order valence-electron chi connectivity index (χ0n) is 17.4. The standard InChI is InChI=1S/C22H29N5O2S/c1-15-7-8-18-17(11-15)19(12-22(2,24)14-23)26-21(25-18)27-9-10-30(28,29)20-6-4-3-5-16(20)13-27/h3-8,11,28-29H,9-10,12-14,23-24H2,1-2H3. The third kappa shape index (κ3) is 4.14. The number of nitrogens with two attached hydrogens (primary N) is 2. The van der Waals surface area contributed by atoms with Crippen molar-refractivity contribution in [2.45, 2.75) is 37.2 Å². The van der Waals surface area contributed by atoms with Crippen LogP contribution in [0.2, 0.25) is 0 Å². The lowest BCUT2D eigenvalue weighted by Crippen LogP contribution is -2.46. The highest BCUT2D eigenvalue weighted by Crippen LogP contribution is 2.51. The van der Waals surface area contributed by atoms with Crippen molar-refractivity contribution in [3.05, 3.63) is 59.3 Å². The number of anilines is 1. The normalized spacial score (nSPS) is 19.1. The van der Waals surface area contributed by atoms with Crippen LogP contribution in [0.5, 0.6) is 0 Å². The SMILES string of the molecule is Cc1ccc2nc(N3CCS(O)(O)c4ccccc4C3)nc(CC(C)(N)CN)c2c1. The van der Waals surface area contributed by atoms with Crippen molar-refractivity contribution in [3.8, 4) is 0 Å². The maximum absolute atomic E-state index is 10.7. The number of hydrogen-bond acceptors (Lipinski definition) is 7. The molecule has 0 saturated heterocycles. The summed E-state index contributed by atoms with van der Waals surface area (Å²) in [4.78, 5) is 12.3. The fourth-order valence-electron chi connectivity index (χ4n) is 3.78. The number of aryl methyl sites for hydroxylation is 1. The quantitative estimate of drug-likeness (QED) is 0.504. The van der Waals surface area contributed by atoms with Gasteiger partial charge in [0.25, 0.3) is 0 Å². The van der Waals surface area contributed by atoms with Gasteiger partial charge in [-0.15, -0.1) is 0 Å². The molecule has 160 valence electrons. The topological polar surface area (TPSA) is 122 Å². The van der Waals surface area contributed by atoms with Crippen LogP contribution in [0.4, 0.5) is 5.95 Å². The second kappa shape index (κ2) is 7.79. The molecule has 0 bridgehead atoms. The zero-order valence-corrected chi connectivity index (χ0v) is 18.2. The van der Waals surface area contributed by atoms with Crippen molar-refractivity contribution < 1.29 is 9.11 Å². The molecule has 1 aliphatic rings. The predicted octanol–water partition coefficient (Wildman–Crippen LogP) is 3.29. The first-order chi connectivity index (χ1) is 14.2. The molecule has 3 aromatic rings. The van der Waals surface area contributed by atoms with Crippen molar-refractivity contribution in [3.63, 3.8) is 0 Å². The minimum Gasteiger partial charge on any atom is -0.335 e. The second-order valence-electron chi connectivity index (χ2n) is 8.43. The number of aromatic nitrogens is 2. The van der Waals surface area contributed by atoms with Gasteiger partial charge in [-0.25, -0.2) is 9.97 Å². The molecule has 1 aliphatic heterocycles. The minimum atomic E-state index is -2.84. The Balaban J connectivity index is 1.80. The van der Waals surface area contributed by atoms with E-state index in [0.29, 0.717) is 36.9 Å². The Labute approximate surface area is 178 Å². The molecule has 0 saturated carbocycles. The number of rotatable bonds is 4.